The molecule has 1 aromatic heterocycles. The average Bonchev–Trinajstić information content (AvgIpc) is 2.83. The highest BCUT2D eigenvalue weighted by molar-refractivity contribution is 6.31. The van der Waals surface area contributed by atoms with E-state index in [1.165, 1.54) is 19.0 Å². The normalized spacial score (nSPS) is 11.5. The fourth-order valence-corrected chi connectivity index (χ4v) is 3.48. The van der Waals surface area contributed by atoms with Crippen LogP contribution in [0.25, 0.3) is 10.8 Å². The number of carbonyl (C=O) groups is 3. The van der Waals surface area contributed by atoms with Gasteiger partial charge in [0, 0.05) is 30.1 Å². The lowest BCUT2D eigenvalue weighted by molar-refractivity contribution is -0.146. The van der Waals surface area contributed by atoms with Crippen LogP contribution in [0, 0.1) is 0 Å². The molecule has 0 aliphatic rings. The molecule has 1 heterocycles. The first-order chi connectivity index (χ1) is 16.4. The number of anilines is 1. The Morgan fingerprint density at radius 2 is 1.79 bits per heavy atom. The van der Waals surface area contributed by atoms with E-state index in [1.54, 1.807) is 24.4 Å². The smallest absolute Gasteiger partial charge is 0.412 e. The second-order valence-electron chi connectivity index (χ2n) is 7.39. The van der Waals surface area contributed by atoms with Gasteiger partial charge in [-0.1, -0.05) is 54.1 Å². The average molecular weight is 485 g/mol. The number of esters is 1. The molecule has 0 aliphatic heterocycles. The summed E-state index contributed by atoms with van der Waals surface area (Å²) in [6.07, 6.45) is 0.682. The van der Waals surface area contributed by atoms with E-state index in [9.17, 15) is 14.4 Å². The molecule has 10 heteroatoms. The van der Waals surface area contributed by atoms with Crippen LogP contribution in [0.4, 0.5) is 10.6 Å². The number of fused-ring (bicyclic) bond motifs is 1. The minimum absolute atomic E-state index is 0.187. The number of hydrogen-bond donors (Lipinski definition) is 2. The zero-order valence-corrected chi connectivity index (χ0v) is 19.5. The monoisotopic (exact) mass is 484 g/mol. The molecule has 9 nitrogen and oxygen atoms in total. The van der Waals surface area contributed by atoms with Crippen molar-refractivity contribution in [2.45, 2.75) is 25.9 Å². The third-order valence-corrected chi connectivity index (χ3v) is 5.37. The van der Waals surface area contributed by atoms with Crippen molar-refractivity contribution in [3.8, 4) is 0 Å². The van der Waals surface area contributed by atoms with Gasteiger partial charge >= 0.3 is 12.1 Å². The van der Waals surface area contributed by atoms with Gasteiger partial charge in [0.25, 0.3) is 0 Å². The van der Waals surface area contributed by atoms with Gasteiger partial charge in [-0.3, -0.25) is 19.9 Å². The Bertz CT molecular complexity index is 1170. The molecular formula is C24H25ClN4O5. The Labute approximate surface area is 202 Å². The molecule has 0 spiro atoms. The number of hydrazine groups is 1. The lowest BCUT2D eigenvalue weighted by atomic mass is 10.2. The zero-order valence-electron chi connectivity index (χ0n) is 18.8. The fraction of sp³-hybridized carbons (Fsp3) is 0.250. The lowest BCUT2D eigenvalue weighted by Crippen LogP contribution is -2.51. The maximum atomic E-state index is 12.4. The van der Waals surface area contributed by atoms with Crippen LogP contribution >= 0.6 is 11.6 Å². The van der Waals surface area contributed by atoms with E-state index in [0.717, 1.165) is 16.3 Å². The predicted molar refractivity (Wildman–Crippen MR) is 128 cm³/mol. The number of nitrogens with zero attached hydrogens (tertiary/aromatic N) is 2. The van der Waals surface area contributed by atoms with Crippen LogP contribution in [-0.2, 0) is 25.6 Å². The van der Waals surface area contributed by atoms with E-state index >= 15 is 0 Å². The number of rotatable bonds is 9. The van der Waals surface area contributed by atoms with Gasteiger partial charge in [0.1, 0.15) is 12.4 Å². The first kappa shape index (κ1) is 24.9. The maximum absolute atomic E-state index is 12.4. The van der Waals surface area contributed by atoms with Crippen LogP contribution in [0.5, 0.6) is 0 Å². The number of hydrogen-bond acceptors (Lipinski definition) is 7. The minimum Gasteiger partial charge on any atom is -0.469 e. The number of amides is 2. The number of aromatic nitrogens is 1. The van der Waals surface area contributed by atoms with E-state index in [1.807, 2.05) is 36.4 Å². The van der Waals surface area contributed by atoms with E-state index in [2.05, 4.69) is 15.7 Å². The van der Waals surface area contributed by atoms with Crippen molar-refractivity contribution in [1.29, 1.82) is 0 Å². The molecule has 0 bridgehead atoms. The van der Waals surface area contributed by atoms with Crippen molar-refractivity contribution >= 4 is 46.2 Å². The van der Waals surface area contributed by atoms with Crippen molar-refractivity contribution in [2.24, 2.45) is 0 Å². The second kappa shape index (κ2) is 12.0. The Hall–Kier alpha value is -3.69. The van der Waals surface area contributed by atoms with Crippen LogP contribution in [-0.4, -0.2) is 47.7 Å². The Morgan fingerprint density at radius 3 is 2.50 bits per heavy atom. The standard InChI is InChI=1S/C24H25ClN4O5/c1-16(30)29(27-14-19-9-5-6-10-21(19)25)20(12-23(31)33-2)15-34-24(32)28-22-11-17-7-3-4-8-18(17)13-26-22/h3-11,13,20,27H,12,14-15H2,1-2H3,(H,26,28,32)/t20-/m0/s1. The van der Waals surface area contributed by atoms with Gasteiger partial charge in [-0.05, 0) is 23.1 Å². The number of methoxy groups -OCH3 is 1. The number of benzene rings is 2. The number of nitrogens with one attached hydrogen (secondary N) is 2. The first-order valence-corrected chi connectivity index (χ1v) is 10.9. The molecule has 2 aromatic carbocycles. The molecule has 3 rings (SSSR count). The molecule has 3 aromatic rings. The second-order valence-corrected chi connectivity index (χ2v) is 7.80. The van der Waals surface area contributed by atoms with Crippen LogP contribution in [0.3, 0.4) is 0 Å². The van der Waals surface area contributed by atoms with Crippen molar-refractivity contribution in [3.63, 3.8) is 0 Å². The highest BCUT2D eigenvalue weighted by Crippen LogP contribution is 2.17. The summed E-state index contributed by atoms with van der Waals surface area (Å²) in [5, 5.41) is 6.16. The molecule has 2 N–H and O–H groups in total. The van der Waals surface area contributed by atoms with Gasteiger partial charge < -0.3 is 9.47 Å². The summed E-state index contributed by atoms with van der Waals surface area (Å²) in [4.78, 5) is 40.9. The molecule has 0 fully saturated rings. The van der Waals surface area contributed by atoms with Gasteiger partial charge in [-0.2, -0.15) is 0 Å². The SMILES string of the molecule is COC(=O)C[C@@H](COC(=O)Nc1cc2ccccc2cn1)N(NCc1ccccc1Cl)C(C)=O. The molecule has 0 saturated carbocycles. The van der Waals surface area contributed by atoms with Crippen molar-refractivity contribution in [3.05, 3.63) is 71.4 Å². The third-order valence-electron chi connectivity index (χ3n) is 5.00. The summed E-state index contributed by atoms with van der Waals surface area (Å²) in [7, 11) is 1.24. The molecule has 34 heavy (non-hydrogen) atoms. The quantitative estimate of drug-likeness (QED) is 0.350. The molecule has 0 saturated heterocycles. The summed E-state index contributed by atoms with van der Waals surface area (Å²) in [6, 6.07) is 15.6. The molecule has 0 radical (unpaired) electrons. The van der Waals surface area contributed by atoms with Gasteiger partial charge in [-0.25, -0.2) is 15.2 Å². The molecule has 1 atom stereocenters. The highest BCUT2D eigenvalue weighted by atomic mass is 35.5. The summed E-state index contributed by atoms with van der Waals surface area (Å²) in [5.41, 5.74) is 3.72. The van der Waals surface area contributed by atoms with Crippen molar-refractivity contribution < 1.29 is 23.9 Å². The van der Waals surface area contributed by atoms with E-state index in [-0.39, 0.29) is 25.5 Å². The number of pyridine rings is 1. The minimum atomic E-state index is -0.817. The van der Waals surface area contributed by atoms with Gasteiger partial charge in [0.15, 0.2) is 0 Å². The highest BCUT2D eigenvalue weighted by Gasteiger charge is 2.26. The van der Waals surface area contributed by atoms with Crippen LogP contribution in [0.2, 0.25) is 5.02 Å². The molecule has 0 aliphatic carbocycles. The van der Waals surface area contributed by atoms with Crippen LogP contribution in [0.15, 0.2) is 60.8 Å². The Kier molecular flexibility index (Phi) is 8.78. The third kappa shape index (κ3) is 6.90. The Morgan fingerprint density at radius 1 is 1.09 bits per heavy atom. The van der Waals surface area contributed by atoms with Crippen molar-refractivity contribution in [2.75, 3.05) is 19.0 Å². The molecular weight excluding hydrogens is 460 g/mol. The summed E-state index contributed by atoms with van der Waals surface area (Å²) >= 11 is 6.19. The molecule has 0 unspecified atom stereocenters. The van der Waals surface area contributed by atoms with E-state index in [0.29, 0.717) is 10.8 Å². The van der Waals surface area contributed by atoms with Gasteiger partial charge in [0.05, 0.1) is 19.6 Å². The lowest BCUT2D eigenvalue weighted by Gasteiger charge is -2.30. The summed E-state index contributed by atoms with van der Waals surface area (Å²) in [5.74, 6) is -0.620. The fourth-order valence-electron chi connectivity index (χ4n) is 3.27. The maximum Gasteiger partial charge on any atom is 0.412 e. The van der Waals surface area contributed by atoms with Crippen LogP contribution in [0.1, 0.15) is 18.9 Å². The largest absolute Gasteiger partial charge is 0.469 e. The van der Waals surface area contributed by atoms with Crippen molar-refractivity contribution in [1.82, 2.24) is 15.4 Å². The van der Waals surface area contributed by atoms with Crippen LogP contribution < -0.4 is 10.7 Å². The number of carbonyl (C=O) groups excluding carboxylic acids is 3. The first-order valence-electron chi connectivity index (χ1n) is 10.5. The van der Waals surface area contributed by atoms with Gasteiger partial charge in [-0.15, -0.1) is 0 Å². The Balaban J connectivity index is 1.66. The van der Waals surface area contributed by atoms with E-state index < -0.39 is 18.1 Å². The zero-order chi connectivity index (χ0) is 24.5. The molecule has 2 amide bonds. The predicted octanol–water partition coefficient (Wildman–Crippen LogP) is 3.92. The summed E-state index contributed by atoms with van der Waals surface area (Å²) < 4.78 is 10.1. The van der Waals surface area contributed by atoms with Gasteiger partial charge in [0.2, 0.25) is 5.91 Å². The summed E-state index contributed by atoms with van der Waals surface area (Å²) in [6.45, 7) is 1.30. The number of ether oxygens (including phenoxy) is 2. The van der Waals surface area contributed by atoms with E-state index in [4.69, 9.17) is 21.1 Å². The number of halogens is 1. The molecule has 178 valence electrons. The topological polar surface area (TPSA) is 110 Å².